The van der Waals surface area contributed by atoms with Gasteiger partial charge in [0.05, 0.1) is 12.0 Å². The van der Waals surface area contributed by atoms with Crippen molar-refractivity contribution in [2.45, 2.75) is 39.2 Å². The van der Waals surface area contributed by atoms with Gasteiger partial charge < -0.3 is 14.6 Å². The average molecular weight is 417 g/mol. The summed E-state index contributed by atoms with van der Waals surface area (Å²) in [5.41, 5.74) is 1.03. The smallest absolute Gasteiger partial charge is 0.289 e. The monoisotopic (exact) mass is 416 g/mol. The van der Waals surface area contributed by atoms with Gasteiger partial charge in [-0.3, -0.25) is 14.5 Å². The SMILES string of the molecule is CC1CCN(Cc2csc(NC(=O)C3CCN(C(=O)c4ccco4)CC3)n2)CC1. The number of aromatic nitrogens is 1. The van der Waals surface area contributed by atoms with Crippen LogP contribution in [-0.4, -0.2) is 52.8 Å². The highest BCUT2D eigenvalue weighted by atomic mass is 32.1. The fourth-order valence-corrected chi connectivity index (χ4v) is 4.70. The molecule has 0 bridgehead atoms. The summed E-state index contributed by atoms with van der Waals surface area (Å²) in [6, 6.07) is 3.38. The maximum Gasteiger partial charge on any atom is 0.289 e. The summed E-state index contributed by atoms with van der Waals surface area (Å²) >= 11 is 1.49. The Kier molecular flexibility index (Phi) is 6.30. The van der Waals surface area contributed by atoms with Gasteiger partial charge >= 0.3 is 0 Å². The minimum absolute atomic E-state index is 0.00259. The van der Waals surface area contributed by atoms with Crippen LogP contribution in [0.2, 0.25) is 0 Å². The molecule has 0 saturated carbocycles. The van der Waals surface area contributed by atoms with E-state index in [0.29, 0.717) is 36.8 Å². The largest absolute Gasteiger partial charge is 0.459 e. The number of nitrogens with zero attached hydrogens (tertiary/aromatic N) is 3. The van der Waals surface area contributed by atoms with Crippen LogP contribution < -0.4 is 5.32 Å². The Balaban J connectivity index is 1.24. The Morgan fingerprint density at radius 1 is 1.21 bits per heavy atom. The first-order valence-electron chi connectivity index (χ1n) is 10.4. The Hall–Kier alpha value is -2.19. The molecule has 2 aliphatic heterocycles. The van der Waals surface area contributed by atoms with E-state index in [1.165, 1.54) is 30.4 Å². The average Bonchev–Trinajstić information content (AvgIpc) is 3.42. The van der Waals surface area contributed by atoms with Crippen molar-refractivity contribution >= 4 is 28.3 Å². The molecular weight excluding hydrogens is 388 g/mol. The van der Waals surface area contributed by atoms with Crippen molar-refractivity contribution in [1.29, 1.82) is 0 Å². The van der Waals surface area contributed by atoms with Crippen molar-refractivity contribution in [3.63, 3.8) is 0 Å². The van der Waals surface area contributed by atoms with Gasteiger partial charge in [-0.2, -0.15) is 0 Å². The molecule has 0 unspecified atom stereocenters. The van der Waals surface area contributed by atoms with Crippen LogP contribution in [0, 0.1) is 11.8 Å². The molecule has 4 rings (SSSR count). The van der Waals surface area contributed by atoms with Gasteiger partial charge in [0.1, 0.15) is 0 Å². The third-order valence-electron chi connectivity index (χ3n) is 5.93. The second-order valence-corrected chi connectivity index (χ2v) is 8.99. The molecule has 0 aromatic carbocycles. The lowest BCUT2D eigenvalue weighted by atomic mass is 9.96. The van der Waals surface area contributed by atoms with Crippen LogP contribution in [0.1, 0.15) is 48.9 Å². The molecular formula is C21H28N4O3S. The fraction of sp³-hybridized carbons (Fsp3) is 0.571. The summed E-state index contributed by atoms with van der Waals surface area (Å²) in [4.78, 5) is 33.8. The lowest BCUT2D eigenvalue weighted by Gasteiger charge is -2.30. The number of carbonyl (C=O) groups is 2. The first-order valence-corrected chi connectivity index (χ1v) is 11.3. The number of furan rings is 1. The van der Waals surface area contributed by atoms with Crippen molar-refractivity contribution in [1.82, 2.24) is 14.8 Å². The number of nitrogens with one attached hydrogen (secondary N) is 1. The van der Waals surface area contributed by atoms with Gasteiger partial charge in [-0.25, -0.2) is 4.98 Å². The van der Waals surface area contributed by atoms with Crippen LogP contribution in [0.3, 0.4) is 0 Å². The first-order chi connectivity index (χ1) is 14.1. The molecule has 2 amide bonds. The van der Waals surface area contributed by atoms with Gasteiger partial charge in [0, 0.05) is 30.9 Å². The number of likely N-dealkylation sites (tertiary alicyclic amines) is 2. The predicted molar refractivity (Wildman–Crippen MR) is 112 cm³/mol. The van der Waals surface area contributed by atoms with E-state index in [9.17, 15) is 9.59 Å². The van der Waals surface area contributed by atoms with Gasteiger partial charge in [0.15, 0.2) is 10.9 Å². The molecule has 2 aliphatic rings. The molecule has 8 heteroatoms. The van der Waals surface area contributed by atoms with Crippen LogP contribution in [-0.2, 0) is 11.3 Å². The Bertz CT molecular complexity index is 819. The molecule has 2 fully saturated rings. The molecule has 0 aliphatic carbocycles. The summed E-state index contributed by atoms with van der Waals surface area (Å²) in [7, 11) is 0. The van der Waals surface area contributed by atoms with Gasteiger partial charge in [0.2, 0.25) is 5.91 Å². The topological polar surface area (TPSA) is 78.7 Å². The predicted octanol–water partition coefficient (Wildman–Crippen LogP) is 3.46. The van der Waals surface area contributed by atoms with Crippen molar-refractivity contribution in [3.8, 4) is 0 Å². The number of thiazole rings is 1. The maximum absolute atomic E-state index is 12.6. The molecule has 4 heterocycles. The molecule has 7 nitrogen and oxygen atoms in total. The van der Waals surface area contributed by atoms with E-state index in [0.717, 1.165) is 31.2 Å². The Morgan fingerprint density at radius 3 is 2.66 bits per heavy atom. The van der Waals surface area contributed by atoms with Gasteiger partial charge in [-0.15, -0.1) is 11.3 Å². The minimum atomic E-state index is -0.106. The van der Waals surface area contributed by atoms with E-state index < -0.39 is 0 Å². The standard InChI is InChI=1S/C21H28N4O3S/c1-15-4-8-24(9-5-15)13-17-14-29-21(22-17)23-19(26)16-6-10-25(11-7-16)20(27)18-3-2-12-28-18/h2-3,12,14-16H,4-11,13H2,1H3,(H,22,23,26). The quantitative estimate of drug-likeness (QED) is 0.808. The lowest BCUT2D eigenvalue weighted by molar-refractivity contribution is -0.121. The second kappa shape index (κ2) is 9.09. The first kappa shape index (κ1) is 20.1. The van der Waals surface area contributed by atoms with Crippen LogP contribution in [0.25, 0.3) is 0 Å². The van der Waals surface area contributed by atoms with Gasteiger partial charge in [0.25, 0.3) is 5.91 Å². The summed E-state index contributed by atoms with van der Waals surface area (Å²) < 4.78 is 5.18. The Morgan fingerprint density at radius 2 is 1.97 bits per heavy atom. The highest BCUT2D eigenvalue weighted by molar-refractivity contribution is 7.13. The number of anilines is 1. The van der Waals surface area contributed by atoms with Crippen LogP contribution in [0.4, 0.5) is 5.13 Å². The summed E-state index contributed by atoms with van der Waals surface area (Å²) in [6.45, 7) is 6.53. The van der Waals surface area contributed by atoms with Crippen molar-refractivity contribution in [2.75, 3.05) is 31.5 Å². The zero-order valence-corrected chi connectivity index (χ0v) is 17.6. The zero-order valence-electron chi connectivity index (χ0n) is 16.8. The van der Waals surface area contributed by atoms with E-state index >= 15 is 0 Å². The van der Waals surface area contributed by atoms with E-state index in [2.05, 4.69) is 22.1 Å². The number of amides is 2. The fourth-order valence-electron chi connectivity index (χ4n) is 3.99. The van der Waals surface area contributed by atoms with E-state index in [-0.39, 0.29) is 17.7 Å². The molecule has 0 radical (unpaired) electrons. The third kappa shape index (κ3) is 5.05. The number of hydrogen-bond acceptors (Lipinski definition) is 6. The van der Waals surface area contributed by atoms with E-state index in [1.807, 2.05) is 5.38 Å². The molecule has 0 spiro atoms. The summed E-state index contributed by atoms with van der Waals surface area (Å²) in [5.74, 6) is 0.976. The van der Waals surface area contributed by atoms with Crippen molar-refractivity contribution in [3.05, 3.63) is 35.2 Å². The maximum atomic E-state index is 12.6. The summed E-state index contributed by atoms with van der Waals surface area (Å²) in [6.07, 6.45) is 5.30. The van der Waals surface area contributed by atoms with Gasteiger partial charge in [-0.05, 0) is 56.8 Å². The summed E-state index contributed by atoms with van der Waals surface area (Å²) in [5, 5.41) is 5.69. The molecule has 156 valence electrons. The highest BCUT2D eigenvalue weighted by Gasteiger charge is 2.29. The third-order valence-corrected chi connectivity index (χ3v) is 6.74. The lowest BCUT2D eigenvalue weighted by Crippen LogP contribution is -2.41. The molecule has 29 heavy (non-hydrogen) atoms. The molecule has 1 N–H and O–H groups in total. The number of carbonyl (C=O) groups excluding carboxylic acids is 2. The zero-order chi connectivity index (χ0) is 20.2. The minimum Gasteiger partial charge on any atom is -0.459 e. The van der Waals surface area contributed by atoms with E-state index in [1.54, 1.807) is 17.0 Å². The van der Waals surface area contributed by atoms with Crippen LogP contribution >= 0.6 is 11.3 Å². The molecule has 2 aromatic heterocycles. The van der Waals surface area contributed by atoms with Crippen LogP contribution in [0.5, 0.6) is 0 Å². The van der Waals surface area contributed by atoms with Crippen LogP contribution in [0.15, 0.2) is 28.2 Å². The number of rotatable bonds is 5. The van der Waals surface area contributed by atoms with Crippen molar-refractivity contribution < 1.29 is 14.0 Å². The second-order valence-electron chi connectivity index (χ2n) is 8.14. The molecule has 2 saturated heterocycles. The van der Waals surface area contributed by atoms with Crippen molar-refractivity contribution in [2.24, 2.45) is 11.8 Å². The van der Waals surface area contributed by atoms with E-state index in [4.69, 9.17) is 4.42 Å². The molecule has 2 aromatic rings. The molecule has 0 atom stereocenters. The van der Waals surface area contributed by atoms with Gasteiger partial charge in [-0.1, -0.05) is 6.92 Å². The normalized spacial score (nSPS) is 19.4. The Labute approximate surface area is 175 Å². The number of hydrogen-bond donors (Lipinski definition) is 1. The highest BCUT2D eigenvalue weighted by Crippen LogP contribution is 2.24. The number of piperidine rings is 2.